The average molecular weight is 975 g/mol. The summed E-state index contributed by atoms with van der Waals surface area (Å²) >= 11 is 0. The highest BCUT2D eigenvalue weighted by Gasteiger charge is 2.96. The van der Waals surface area contributed by atoms with Crippen LogP contribution >= 0.6 is 0 Å². The fourth-order valence-electron chi connectivity index (χ4n) is 11.5. The normalized spacial score (nSPS) is 30.6. The molecule has 6 aromatic rings. The van der Waals surface area contributed by atoms with Crippen LogP contribution in [0.15, 0.2) is 182 Å². The summed E-state index contributed by atoms with van der Waals surface area (Å²) in [6.07, 6.45) is -5.79. The maximum Gasteiger partial charge on any atom is 0.511 e. The van der Waals surface area contributed by atoms with E-state index >= 15 is 0 Å². The van der Waals surface area contributed by atoms with Crippen LogP contribution in [0.25, 0.3) is 0 Å². The summed E-state index contributed by atoms with van der Waals surface area (Å²) in [6.45, 7) is 2.88. The molecule has 0 spiro atoms. The third kappa shape index (κ3) is 9.24. The van der Waals surface area contributed by atoms with Crippen molar-refractivity contribution in [3.63, 3.8) is 0 Å². The molecule has 372 valence electrons. The molecule has 4 aliphatic heterocycles. The number of ether oxygens (including phenoxy) is 11. The van der Waals surface area contributed by atoms with Crippen molar-refractivity contribution in [2.75, 3.05) is 13.2 Å². The Morgan fingerprint density at radius 1 is 0.556 bits per heavy atom. The van der Waals surface area contributed by atoms with Gasteiger partial charge in [0.25, 0.3) is 0 Å². The van der Waals surface area contributed by atoms with E-state index in [-0.39, 0.29) is 46.1 Å². The van der Waals surface area contributed by atoms with Crippen LogP contribution in [-0.2, 0) is 85.1 Å². The molecular weight excluding hydrogens is 917 g/mol. The number of rotatable bonds is 21. The van der Waals surface area contributed by atoms with Gasteiger partial charge in [0.15, 0.2) is 12.6 Å². The molecule has 13 heteroatoms. The van der Waals surface area contributed by atoms with Crippen molar-refractivity contribution in [2.24, 2.45) is 11.3 Å². The van der Waals surface area contributed by atoms with Crippen LogP contribution in [0.5, 0.6) is 0 Å². The first-order valence-electron chi connectivity index (χ1n) is 24.7. The summed E-state index contributed by atoms with van der Waals surface area (Å²) in [4.78, 5) is 27.5. The summed E-state index contributed by atoms with van der Waals surface area (Å²) in [5.41, 5.74) is 1.45. The molecule has 3 saturated carbocycles. The monoisotopic (exact) mass is 974 g/mol. The summed E-state index contributed by atoms with van der Waals surface area (Å²) < 4.78 is 74.3. The van der Waals surface area contributed by atoms with Gasteiger partial charge in [0.2, 0.25) is 5.79 Å². The molecule has 6 bridgehead atoms. The molecule has 13 nitrogen and oxygen atoms in total. The van der Waals surface area contributed by atoms with Gasteiger partial charge < -0.3 is 52.1 Å². The molecule has 0 N–H and O–H groups in total. The topological polar surface area (TPSA) is 136 Å². The van der Waals surface area contributed by atoms with Crippen LogP contribution in [0.1, 0.15) is 57.9 Å². The molecule has 0 unspecified atom stereocenters. The van der Waals surface area contributed by atoms with E-state index in [0.29, 0.717) is 18.6 Å². The van der Waals surface area contributed by atoms with Gasteiger partial charge in [-0.15, -0.1) is 0 Å². The zero-order valence-electron chi connectivity index (χ0n) is 40.0. The third-order valence-corrected chi connectivity index (χ3v) is 15.0. The lowest BCUT2D eigenvalue weighted by Crippen LogP contribution is -2.81. The lowest BCUT2D eigenvalue weighted by Gasteiger charge is -2.68. The molecule has 13 rings (SSSR count). The molecular formula is C59H58O13. The number of carbonyl (C=O) groups is 2. The van der Waals surface area contributed by atoms with Gasteiger partial charge in [0.1, 0.15) is 48.8 Å². The van der Waals surface area contributed by atoms with Gasteiger partial charge in [0.05, 0.1) is 44.0 Å². The Morgan fingerprint density at radius 3 is 1.60 bits per heavy atom. The number of hydrogen-bond acceptors (Lipinski definition) is 13. The largest absolute Gasteiger partial charge is 0.511 e. The van der Waals surface area contributed by atoms with Gasteiger partial charge in [-0.2, -0.15) is 0 Å². The second-order valence-electron chi connectivity index (χ2n) is 19.4. The van der Waals surface area contributed by atoms with Crippen molar-refractivity contribution in [1.29, 1.82) is 0 Å². The third-order valence-electron chi connectivity index (χ3n) is 15.0. The van der Waals surface area contributed by atoms with E-state index in [1.54, 1.807) is 24.3 Å². The van der Waals surface area contributed by atoms with E-state index in [1.165, 1.54) is 0 Å². The van der Waals surface area contributed by atoms with E-state index in [0.717, 1.165) is 27.8 Å². The van der Waals surface area contributed by atoms with Crippen LogP contribution < -0.4 is 0 Å². The fraction of sp³-hybridized carbons (Fsp3) is 0.356. The Bertz CT molecular complexity index is 2740. The van der Waals surface area contributed by atoms with E-state index in [1.807, 2.05) is 165 Å². The Labute approximate surface area is 419 Å². The molecule has 72 heavy (non-hydrogen) atoms. The predicted octanol–water partition coefficient (Wildman–Crippen LogP) is 9.90. The van der Waals surface area contributed by atoms with E-state index in [2.05, 4.69) is 0 Å². The highest BCUT2D eigenvalue weighted by molar-refractivity contribution is 5.89. The van der Waals surface area contributed by atoms with Crippen LogP contribution in [-0.4, -0.2) is 79.3 Å². The SMILES string of the molecule is C[C@@]12C[C@@]3(OC(=O)OCc4ccccc4)O[C@@H](O1)[C@]1(COC(=O)c4ccccc4)[C@H]3C[C@@]12O[C@@H]1O[C@H](COCc2ccccc2)[C@@H](OCc2ccccc2)[C@H](OCc2ccccc2)[C@H]1OCc1ccccc1. The molecule has 3 aliphatic carbocycles. The molecule has 4 saturated heterocycles. The van der Waals surface area contributed by atoms with Crippen molar-refractivity contribution in [3.8, 4) is 0 Å². The van der Waals surface area contributed by atoms with Crippen molar-refractivity contribution in [1.82, 2.24) is 0 Å². The molecule has 11 atom stereocenters. The van der Waals surface area contributed by atoms with Gasteiger partial charge in [-0.05, 0) is 53.3 Å². The first-order valence-corrected chi connectivity index (χ1v) is 24.7. The Hall–Kier alpha value is -6.26. The average Bonchev–Trinajstić information content (AvgIpc) is 3.62. The molecule has 0 radical (unpaired) electrons. The highest BCUT2D eigenvalue weighted by Crippen LogP contribution is 2.82. The van der Waals surface area contributed by atoms with Gasteiger partial charge in [-0.1, -0.05) is 170 Å². The number of esters is 1. The second-order valence-corrected chi connectivity index (χ2v) is 19.4. The Balaban J connectivity index is 0.957. The van der Waals surface area contributed by atoms with Gasteiger partial charge in [-0.25, -0.2) is 9.59 Å². The van der Waals surface area contributed by atoms with Gasteiger partial charge >= 0.3 is 12.1 Å². The molecule has 0 amide bonds. The molecule has 7 fully saturated rings. The van der Waals surface area contributed by atoms with Crippen molar-refractivity contribution in [2.45, 2.75) is 107 Å². The maximum absolute atomic E-state index is 13.9. The van der Waals surface area contributed by atoms with Crippen molar-refractivity contribution < 1.29 is 61.7 Å². The first-order chi connectivity index (χ1) is 35.3. The summed E-state index contributed by atoms with van der Waals surface area (Å²) in [5, 5.41) is 0. The van der Waals surface area contributed by atoms with Crippen LogP contribution in [0.4, 0.5) is 4.79 Å². The number of hydrogen-bond donors (Lipinski definition) is 0. The second kappa shape index (κ2) is 20.7. The van der Waals surface area contributed by atoms with Crippen LogP contribution in [0, 0.1) is 11.3 Å². The summed E-state index contributed by atoms with van der Waals surface area (Å²) in [7, 11) is 0. The smallest absolute Gasteiger partial charge is 0.461 e. The summed E-state index contributed by atoms with van der Waals surface area (Å²) in [5.74, 6) is -2.55. The lowest BCUT2D eigenvalue weighted by atomic mass is 9.41. The van der Waals surface area contributed by atoms with Crippen LogP contribution in [0.3, 0.4) is 0 Å². The van der Waals surface area contributed by atoms with E-state index < -0.39 is 77.4 Å². The number of carbonyl (C=O) groups excluding carboxylic acids is 2. The predicted molar refractivity (Wildman–Crippen MR) is 260 cm³/mol. The van der Waals surface area contributed by atoms with E-state index in [9.17, 15) is 9.59 Å². The quantitative estimate of drug-likeness (QED) is 0.0634. The molecule has 4 heterocycles. The minimum atomic E-state index is -1.47. The zero-order valence-corrected chi connectivity index (χ0v) is 40.0. The van der Waals surface area contributed by atoms with E-state index in [4.69, 9.17) is 52.1 Å². The maximum atomic E-state index is 13.9. The molecule has 6 aromatic carbocycles. The minimum Gasteiger partial charge on any atom is -0.461 e. The van der Waals surface area contributed by atoms with Crippen LogP contribution in [0.2, 0.25) is 0 Å². The fourth-order valence-corrected chi connectivity index (χ4v) is 11.5. The molecule has 7 aliphatic rings. The van der Waals surface area contributed by atoms with Gasteiger partial charge in [0, 0.05) is 12.3 Å². The standard InChI is InChI=1S/C59H58O13/c1-56-39-58(72-55(61)66-37-45-28-16-6-17-29-45)48-32-59(56,57(48,54(70-56)71-58)40-67-52(60)46-30-18-7-19-31-46)69-53-51(65-36-44-26-14-5-15-27-44)50(64-35-43-24-12-4-13-25-43)49(63-34-42-22-10-3-11-23-42)47(68-53)38-62-33-41-20-8-2-9-21-41/h2-31,47-51,53-54H,32-40H2,1H3/t47-,48-,49-,50+,51-,53+,54-,56+,57+,58+,59+/m1/s1. The lowest BCUT2D eigenvalue weighted by molar-refractivity contribution is -0.428. The van der Waals surface area contributed by atoms with Crippen molar-refractivity contribution >= 4 is 12.1 Å². The number of benzene rings is 6. The zero-order chi connectivity index (χ0) is 49.0. The Morgan fingerprint density at radius 2 is 1.04 bits per heavy atom. The Kier molecular flexibility index (Phi) is 13.8. The molecule has 0 aromatic heterocycles. The van der Waals surface area contributed by atoms with Gasteiger partial charge in [-0.3, -0.25) is 0 Å². The minimum absolute atomic E-state index is 0.00762. The highest BCUT2D eigenvalue weighted by atomic mass is 16.9. The summed E-state index contributed by atoms with van der Waals surface area (Å²) in [6, 6.07) is 57.9. The first kappa shape index (κ1) is 48.0. The van der Waals surface area contributed by atoms with Crippen molar-refractivity contribution in [3.05, 3.63) is 215 Å².